The number of benzene rings is 2. The molecule has 0 fully saturated rings. The van der Waals surface area contributed by atoms with Crippen LogP contribution >= 0.6 is 0 Å². The number of aromatic nitrogens is 2. The normalized spacial score (nSPS) is 11.0. The van der Waals surface area contributed by atoms with E-state index in [1.165, 1.54) is 4.68 Å². The summed E-state index contributed by atoms with van der Waals surface area (Å²) in [6.45, 7) is 4.84. The van der Waals surface area contributed by atoms with Crippen LogP contribution in [0.5, 0.6) is 5.75 Å². The molecular weight excluding hydrogens is 342 g/mol. The summed E-state index contributed by atoms with van der Waals surface area (Å²) in [5, 5.41) is 8.31. The molecule has 0 aliphatic carbocycles. The van der Waals surface area contributed by atoms with Crippen LogP contribution < -0.4 is 15.6 Å². The summed E-state index contributed by atoms with van der Waals surface area (Å²) in [6, 6.07) is 14.6. The van der Waals surface area contributed by atoms with E-state index in [0.29, 0.717) is 23.9 Å². The number of hydrogen-bond acceptors (Lipinski definition) is 4. The second kappa shape index (κ2) is 8.03. The first kappa shape index (κ1) is 18.6. The zero-order valence-electron chi connectivity index (χ0n) is 15.7. The fraction of sp³-hybridized carbons (Fsp3) is 0.286. The summed E-state index contributed by atoms with van der Waals surface area (Å²) in [5.74, 6) is 0.699. The molecule has 1 heterocycles. The van der Waals surface area contributed by atoms with Crippen molar-refractivity contribution in [1.82, 2.24) is 15.1 Å². The van der Waals surface area contributed by atoms with Crippen LogP contribution in [-0.2, 0) is 13.1 Å². The SMILES string of the molecule is COc1ccc(CNC(=O)c2nn(CC(C)C)c(=O)c3ccccc23)cc1. The van der Waals surface area contributed by atoms with Crippen molar-refractivity contribution in [2.75, 3.05) is 7.11 Å². The number of carbonyl (C=O) groups excluding carboxylic acids is 1. The van der Waals surface area contributed by atoms with Gasteiger partial charge in [0.1, 0.15) is 5.75 Å². The molecule has 3 rings (SSSR count). The van der Waals surface area contributed by atoms with Gasteiger partial charge in [0.2, 0.25) is 0 Å². The lowest BCUT2D eigenvalue weighted by Crippen LogP contribution is -2.31. The Kier molecular flexibility index (Phi) is 5.54. The van der Waals surface area contributed by atoms with Crippen LogP contribution in [0, 0.1) is 5.92 Å². The maximum Gasteiger partial charge on any atom is 0.274 e. The maximum atomic E-state index is 12.8. The van der Waals surface area contributed by atoms with Crippen molar-refractivity contribution in [3.05, 3.63) is 70.1 Å². The summed E-state index contributed by atoms with van der Waals surface area (Å²) in [7, 11) is 1.61. The highest BCUT2D eigenvalue weighted by atomic mass is 16.5. The predicted molar refractivity (Wildman–Crippen MR) is 105 cm³/mol. The third-order valence-electron chi connectivity index (χ3n) is 4.23. The summed E-state index contributed by atoms with van der Waals surface area (Å²) in [5.41, 5.74) is 1.04. The number of carbonyl (C=O) groups is 1. The van der Waals surface area contributed by atoms with Crippen LogP contribution in [0.25, 0.3) is 10.8 Å². The van der Waals surface area contributed by atoms with E-state index in [4.69, 9.17) is 4.74 Å². The van der Waals surface area contributed by atoms with Crippen LogP contribution in [0.2, 0.25) is 0 Å². The molecule has 0 aliphatic rings. The second-order valence-electron chi connectivity index (χ2n) is 6.81. The number of nitrogens with zero attached hydrogens (tertiary/aromatic N) is 2. The minimum absolute atomic E-state index is 0.175. The molecule has 6 nitrogen and oxygen atoms in total. The summed E-state index contributed by atoms with van der Waals surface area (Å²) < 4.78 is 6.52. The average molecular weight is 365 g/mol. The van der Waals surface area contributed by atoms with E-state index >= 15 is 0 Å². The van der Waals surface area contributed by atoms with Crippen molar-refractivity contribution >= 4 is 16.7 Å². The number of ether oxygens (including phenoxy) is 1. The minimum atomic E-state index is -0.306. The third kappa shape index (κ3) is 4.16. The van der Waals surface area contributed by atoms with Gasteiger partial charge in [-0.25, -0.2) is 4.68 Å². The first-order valence-corrected chi connectivity index (χ1v) is 8.90. The standard InChI is InChI=1S/C21H23N3O3/c1-14(2)13-24-21(26)18-7-5-4-6-17(18)19(23-24)20(25)22-12-15-8-10-16(27-3)11-9-15/h4-11,14H,12-13H2,1-3H3,(H,22,25). The van der Waals surface area contributed by atoms with Gasteiger partial charge < -0.3 is 10.1 Å². The van der Waals surface area contributed by atoms with Crippen molar-refractivity contribution in [2.45, 2.75) is 26.9 Å². The number of methoxy groups -OCH3 is 1. The van der Waals surface area contributed by atoms with Crippen LogP contribution in [-0.4, -0.2) is 22.8 Å². The molecule has 0 saturated carbocycles. The molecule has 2 aromatic carbocycles. The molecule has 0 spiro atoms. The fourth-order valence-electron chi connectivity index (χ4n) is 2.88. The quantitative estimate of drug-likeness (QED) is 0.729. The van der Waals surface area contributed by atoms with Crippen molar-refractivity contribution in [2.24, 2.45) is 5.92 Å². The van der Waals surface area contributed by atoms with Gasteiger partial charge in [0, 0.05) is 18.5 Å². The van der Waals surface area contributed by atoms with E-state index in [0.717, 1.165) is 11.3 Å². The smallest absolute Gasteiger partial charge is 0.274 e. The molecule has 6 heteroatoms. The number of fused-ring (bicyclic) bond motifs is 1. The number of nitrogens with one attached hydrogen (secondary N) is 1. The Hall–Kier alpha value is -3.15. The number of amides is 1. The van der Waals surface area contributed by atoms with Gasteiger partial charge in [-0.1, -0.05) is 44.2 Å². The van der Waals surface area contributed by atoms with E-state index < -0.39 is 0 Å². The zero-order valence-corrected chi connectivity index (χ0v) is 15.7. The van der Waals surface area contributed by atoms with Gasteiger partial charge in [0.25, 0.3) is 11.5 Å². The molecule has 27 heavy (non-hydrogen) atoms. The molecule has 140 valence electrons. The first-order valence-electron chi connectivity index (χ1n) is 8.90. The van der Waals surface area contributed by atoms with E-state index in [2.05, 4.69) is 10.4 Å². The molecule has 1 aromatic heterocycles. The van der Waals surface area contributed by atoms with E-state index in [9.17, 15) is 9.59 Å². The lowest BCUT2D eigenvalue weighted by molar-refractivity contribution is 0.0945. The Labute approximate surface area is 157 Å². The van der Waals surface area contributed by atoms with Crippen molar-refractivity contribution < 1.29 is 9.53 Å². The molecule has 0 atom stereocenters. The third-order valence-corrected chi connectivity index (χ3v) is 4.23. The van der Waals surface area contributed by atoms with Gasteiger partial charge in [-0.15, -0.1) is 0 Å². The molecular formula is C21H23N3O3. The molecule has 0 bridgehead atoms. The minimum Gasteiger partial charge on any atom is -0.497 e. The van der Waals surface area contributed by atoms with Gasteiger partial charge in [0.15, 0.2) is 5.69 Å². The molecule has 1 amide bonds. The van der Waals surface area contributed by atoms with Crippen LogP contribution in [0.1, 0.15) is 29.9 Å². The van der Waals surface area contributed by atoms with Crippen LogP contribution in [0.4, 0.5) is 0 Å². The van der Waals surface area contributed by atoms with Gasteiger partial charge in [0.05, 0.1) is 12.5 Å². The largest absolute Gasteiger partial charge is 0.497 e. The van der Waals surface area contributed by atoms with E-state index in [1.807, 2.05) is 38.1 Å². The predicted octanol–water partition coefficient (Wildman–Crippen LogP) is 2.99. The fourth-order valence-corrected chi connectivity index (χ4v) is 2.88. The van der Waals surface area contributed by atoms with Crippen molar-refractivity contribution in [1.29, 1.82) is 0 Å². The first-order chi connectivity index (χ1) is 13.0. The molecule has 0 radical (unpaired) electrons. The lowest BCUT2D eigenvalue weighted by Gasteiger charge is -2.13. The molecule has 0 saturated heterocycles. The Morgan fingerprint density at radius 2 is 1.78 bits per heavy atom. The Morgan fingerprint density at radius 3 is 2.41 bits per heavy atom. The van der Waals surface area contributed by atoms with Gasteiger partial charge >= 0.3 is 0 Å². The maximum absolute atomic E-state index is 12.8. The molecule has 1 N–H and O–H groups in total. The Morgan fingerprint density at radius 1 is 1.11 bits per heavy atom. The highest BCUT2D eigenvalue weighted by molar-refractivity contribution is 6.04. The van der Waals surface area contributed by atoms with Gasteiger partial charge in [-0.2, -0.15) is 5.10 Å². The second-order valence-corrected chi connectivity index (χ2v) is 6.81. The summed E-state index contributed by atoms with van der Waals surface area (Å²) >= 11 is 0. The van der Waals surface area contributed by atoms with E-state index in [-0.39, 0.29) is 23.1 Å². The molecule has 3 aromatic rings. The monoisotopic (exact) mass is 365 g/mol. The Balaban J connectivity index is 1.90. The van der Waals surface area contributed by atoms with Gasteiger partial charge in [-0.05, 0) is 29.7 Å². The van der Waals surface area contributed by atoms with Crippen LogP contribution in [0.3, 0.4) is 0 Å². The highest BCUT2D eigenvalue weighted by Crippen LogP contribution is 2.15. The highest BCUT2D eigenvalue weighted by Gasteiger charge is 2.17. The summed E-state index contributed by atoms with van der Waals surface area (Å²) in [4.78, 5) is 25.4. The van der Waals surface area contributed by atoms with Crippen LogP contribution in [0.15, 0.2) is 53.3 Å². The summed E-state index contributed by atoms with van der Waals surface area (Å²) in [6.07, 6.45) is 0. The average Bonchev–Trinajstić information content (AvgIpc) is 2.68. The number of rotatable bonds is 6. The van der Waals surface area contributed by atoms with Crippen molar-refractivity contribution in [3.8, 4) is 5.75 Å². The van der Waals surface area contributed by atoms with Crippen molar-refractivity contribution in [3.63, 3.8) is 0 Å². The molecule has 0 unspecified atom stereocenters. The topological polar surface area (TPSA) is 73.2 Å². The van der Waals surface area contributed by atoms with Gasteiger partial charge in [-0.3, -0.25) is 9.59 Å². The molecule has 0 aliphatic heterocycles. The Bertz CT molecular complexity index is 1010. The lowest BCUT2D eigenvalue weighted by atomic mass is 10.1. The van der Waals surface area contributed by atoms with E-state index in [1.54, 1.807) is 31.4 Å². The zero-order chi connectivity index (χ0) is 19.4. The number of hydrogen-bond donors (Lipinski definition) is 1.